The van der Waals surface area contributed by atoms with Gasteiger partial charge in [-0.25, -0.2) is 27.3 Å². The maximum Gasteiger partial charge on any atom is 0.433 e. The van der Waals surface area contributed by atoms with Gasteiger partial charge in [0.2, 0.25) is 0 Å². The minimum absolute atomic E-state index is 0.0688. The van der Waals surface area contributed by atoms with Gasteiger partial charge in [0, 0.05) is 5.56 Å². The maximum atomic E-state index is 12.3. The minimum atomic E-state index is -5.04. The summed E-state index contributed by atoms with van der Waals surface area (Å²) in [5.74, 6) is 0. The molecule has 0 aliphatic rings. The summed E-state index contributed by atoms with van der Waals surface area (Å²) >= 11 is 0. The summed E-state index contributed by atoms with van der Waals surface area (Å²) in [6, 6.07) is 0.370. The lowest BCUT2D eigenvalue weighted by atomic mass is 10.2. The molecule has 0 saturated heterocycles. The summed E-state index contributed by atoms with van der Waals surface area (Å²) in [5.41, 5.74) is -2.85. The fourth-order valence-corrected chi connectivity index (χ4v) is 1.47. The number of halogens is 5. The van der Waals surface area contributed by atoms with Crippen LogP contribution in [0.25, 0.3) is 0 Å². The molecule has 1 aromatic heterocycles. The zero-order chi connectivity index (χ0) is 13.4. The van der Waals surface area contributed by atoms with E-state index in [1.54, 1.807) is 0 Å². The first-order valence-corrected chi connectivity index (χ1v) is 5.46. The van der Waals surface area contributed by atoms with Crippen molar-refractivity contribution in [3.05, 3.63) is 23.4 Å². The third-order valence-electron chi connectivity index (χ3n) is 1.66. The van der Waals surface area contributed by atoms with Crippen LogP contribution in [0.1, 0.15) is 17.7 Å². The summed E-state index contributed by atoms with van der Waals surface area (Å²) in [6.45, 7) is 0. The van der Waals surface area contributed by atoms with Gasteiger partial charge in [0.1, 0.15) is 5.69 Å². The lowest BCUT2D eigenvalue weighted by Crippen LogP contribution is -2.18. The number of hydrogen-bond acceptors (Lipinski definition) is 3. The predicted octanol–water partition coefficient (Wildman–Crippen LogP) is 1.69. The highest BCUT2D eigenvalue weighted by molar-refractivity contribution is 7.89. The molecule has 0 aliphatic heterocycles. The molecule has 17 heavy (non-hydrogen) atoms. The molecular formula is C7H5F5N2O2S. The van der Waals surface area contributed by atoms with Crippen LogP contribution in [-0.4, -0.2) is 13.4 Å². The van der Waals surface area contributed by atoms with Crippen LogP contribution in [0.3, 0.4) is 0 Å². The van der Waals surface area contributed by atoms with Crippen LogP contribution in [0.5, 0.6) is 0 Å². The van der Waals surface area contributed by atoms with E-state index in [0.717, 1.165) is 0 Å². The van der Waals surface area contributed by atoms with Gasteiger partial charge in [-0.3, -0.25) is 0 Å². The minimum Gasteiger partial charge on any atom is -0.230 e. The van der Waals surface area contributed by atoms with Crippen molar-refractivity contribution in [2.75, 3.05) is 0 Å². The van der Waals surface area contributed by atoms with Crippen molar-refractivity contribution in [2.24, 2.45) is 5.14 Å². The van der Waals surface area contributed by atoms with E-state index in [-0.39, 0.29) is 6.07 Å². The van der Waals surface area contributed by atoms with Crippen LogP contribution in [0, 0.1) is 0 Å². The van der Waals surface area contributed by atoms with E-state index in [1.807, 2.05) is 0 Å². The normalized spacial score (nSPS) is 13.1. The van der Waals surface area contributed by atoms with Crippen molar-refractivity contribution in [3.63, 3.8) is 0 Å². The highest BCUT2D eigenvalue weighted by atomic mass is 32.2. The Morgan fingerprint density at radius 3 is 2.12 bits per heavy atom. The number of nitrogens with two attached hydrogens (primary N) is 1. The molecule has 1 aromatic rings. The van der Waals surface area contributed by atoms with Crippen molar-refractivity contribution in [2.45, 2.75) is 17.6 Å². The Morgan fingerprint density at radius 2 is 1.76 bits per heavy atom. The number of rotatable bonds is 2. The number of primary sulfonamides is 1. The molecule has 1 rings (SSSR count). The van der Waals surface area contributed by atoms with Crippen LogP contribution >= 0.6 is 0 Å². The van der Waals surface area contributed by atoms with Gasteiger partial charge in [0.05, 0.1) is 0 Å². The fraction of sp³-hybridized carbons (Fsp3) is 0.286. The van der Waals surface area contributed by atoms with Gasteiger partial charge >= 0.3 is 6.18 Å². The second-order valence-electron chi connectivity index (χ2n) is 2.97. The molecule has 96 valence electrons. The largest absolute Gasteiger partial charge is 0.433 e. The van der Waals surface area contributed by atoms with Gasteiger partial charge in [-0.1, -0.05) is 0 Å². The quantitative estimate of drug-likeness (QED) is 0.835. The molecule has 0 bridgehead atoms. The summed E-state index contributed by atoms with van der Waals surface area (Å²) in [6.07, 6.45) is -8.30. The van der Waals surface area contributed by atoms with Crippen LogP contribution < -0.4 is 5.14 Å². The van der Waals surface area contributed by atoms with Gasteiger partial charge in [-0.15, -0.1) is 0 Å². The Bertz CT molecular complexity index is 526. The molecule has 0 radical (unpaired) electrons. The topological polar surface area (TPSA) is 73.1 Å². The van der Waals surface area contributed by atoms with Crippen molar-refractivity contribution in [3.8, 4) is 0 Å². The summed E-state index contributed by atoms with van der Waals surface area (Å²) in [5, 5.41) is 3.29. The van der Waals surface area contributed by atoms with Crippen LogP contribution in [0.4, 0.5) is 22.0 Å². The second kappa shape index (κ2) is 4.18. The van der Waals surface area contributed by atoms with E-state index in [4.69, 9.17) is 0 Å². The second-order valence-corrected chi connectivity index (χ2v) is 4.48. The first kappa shape index (κ1) is 13.8. The highest BCUT2D eigenvalue weighted by Crippen LogP contribution is 2.31. The van der Waals surface area contributed by atoms with Gasteiger partial charge < -0.3 is 0 Å². The molecule has 0 saturated carbocycles. The first-order valence-electron chi connectivity index (χ1n) is 3.92. The van der Waals surface area contributed by atoms with Crippen molar-refractivity contribution in [1.29, 1.82) is 0 Å². The average molecular weight is 276 g/mol. The van der Waals surface area contributed by atoms with E-state index in [9.17, 15) is 30.4 Å². The summed E-state index contributed by atoms with van der Waals surface area (Å²) < 4.78 is 82.9. The monoisotopic (exact) mass is 276 g/mol. The molecule has 0 atom stereocenters. The Hall–Kier alpha value is -1.29. The third kappa shape index (κ3) is 3.33. The van der Waals surface area contributed by atoms with Crippen molar-refractivity contribution >= 4 is 10.0 Å². The summed E-state index contributed by atoms with van der Waals surface area (Å²) in [4.78, 5) is 2.69. The van der Waals surface area contributed by atoms with E-state index < -0.39 is 38.9 Å². The first-order chi connectivity index (χ1) is 7.51. The van der Waals surface area contributed by atoms with Crippen molar-refractivity contribution in [1.82, 2.24) is 4.98 Å². The molecule has 10 heteroatoms. The lowest BCUT2D eigenvalue weighted by Gasteiger charge is -2.09. The van der Waals surface area contributed by atoms with Crippen LogP contribution in [-0.2, 0) is 16.2 Å². The number of hydrogen-bond donors (Lipinski definition) is 1. The molecule has 0 aromatic carbocycles. The van der Waals surface area contributed by atoms with Crippen molar-refractivity contribution < 1.29 is 30.4 Å². The number of pyridine rings is 1. The van der Waals surface area contributed by atoms with E-state index >= 15 is 0 Å². The Morgan fingerprint density at radius 1 is 1.24 bits per heavy atom. The van der Waals surface area contributed by atoms with E-state index in [2.05, 4.69) is 10.1 Å². The molecular weight excluding hydrogens is 271 g/mol. The van der Waals surface area contributed by atoms with E-state index in [0.29, 0.717) is 6.07 Å². The Labute approximate surface area is 92.3 Å². The number of nitrogens with zero attached hydrogens (tertiary/aromatic N) is 1. The van der Waals surface area contributed by atoms with Gasteiger partial charge in [0.15, 0.2) is 5.03 Å². The SMILES string of the molecule is NS(=O)(=O)c1cc(C(F)F)cc(C(F)(F)F)n1. The maximum absolute atomic E-state index is 12.3. The van der Waals surface area contributed by atoms with E-state index in [1.165, 1.54) is 0 Å². The number of aromatic nitrogens is 1. The molecule has 0 fully saturated rings. The fourth-order valence-electron chi connectivity index (χ4n) is 0.942. The van der Waals surface area contributed by atoms with Gasteiger partial charge in [-0.2, -0.15) is 13.2 Å². The zero-order valence-electron chi connectivity index (χ0n) is 7.87. The molecule has 1 heterocycles. The standard InChI is InChI=1S/C7H5F5N2O2S/c8-6(9)3-1-4(7(10,11)12)14-5(2-3)17(13,15)16/h1-2,6H,(H2,13,15,16). The highest BCUT2D eigenvalue weighted by Gasteiger charge is 2.35. The van der Waals surface area contributed by atoms with Gasteiger partial charge in [0.25, 0.3) is 16.4 Å². The number of alkyl halides is 5. The molecule has 0 spiro atoms. The van der Waals surface area contributed by atoms with Gasteiger partial charge in [-0.05, 0) is 12.1 Å². The third-order valence-corrected chi connectivity index (χ3v) is 2.45. The van der Waals surface area contributed by atoms with Crippen LogP contribution in [0.15, 0.2) is 17.2 Å². The molecule has 0 aliphatic carbocycles. The zero-order valence-corrected chi connectivity index (χ0v) is 8.69. The summed E-state index contributed by atoms with van der Waals surface area (Å²) in [7, 11) is -4.59. The molecule has 0 amide bonds. The van der Waals surface area contributed by atoms with Crippen LogP contribution in [0.2, 0.25) is 0 Å². The molecule has 2 N–H and O–H groups in total. The molecule has 0 unspecified atom stereocenters. The smallest absolute Gasteiger partial charge is 0.230 e. The predicted molar refractivity (Wildman–Crippen MR) is 45.6 cm³/mol. The average Bonchev–Trinajstić information content (AvgIpc) is 2.14. The number of sulfonamides is 1. The Kier molecular flexibility index (Phi) is 3.39. The molecule has 4 nitrogen and oxygen atoms in total. The Balaban J connectivity index is 3.51. The lowest BCUT2D eigenvalue weighted by molar-refractivity contribution is -0.141.